The van der Waals surface area contributed by atoms with Gasteiger partial charge in [0.15, 0.2) is 5.82 Å². The molecule has 0 aliphatic heterocycles. The van der Waals surface area contributed by atoms with E-state index < -0.39 is 0 Å². The molecule has 0 bridgehead atoms. The first kappa shape index (κ1) is 12.3. The molecule has 0 unspecified atom stereocenters. The lowest BCUT2D eigenvalue weighted by Gasteiger charge is -2.08. The molecule has 2 aromatic rings. The van der Waals surface area contributed by atoms with Crippen LogP contribution < -0.4 is 5.32 Å². The number of nitrogens with zero attached hydrogens (tertiary/aromatic N) is 4. The molecule has 0 aliphatic rings. The van der Waals surface area contributed by atoms with Gasteiger partial charge in [-0.2, -0.15) is 0 Å². The van der Waals surface area contributed by atoms with Crippen LogP contribution >= 0.6 is 22.6 Å². The summed E-state index contributed by atoms with van der Waals surface area (Å²) in [7, 11) is 0. The molecule has 17 heavy (non-hydrogen) atoms. The number of anilines is 1. The Hall–Kier alpha value is -1.18. The largest absolute Gasteiger partial charge is 0.377 e. The van der Waals surface area contributed by atoms with E-state index in [9.17, 15) is 0 Å². The standard InChI is InChI=1S/C11H14IN5/c1-2-7-17-11(14-15-16-17)8-13-10-6-4-3-5-9(10)12/h3-6,13H,2,7-8H2,1H3. The van der Waals surface area contributed by atoms with Gasteiger partial charge in [-0.25, -0.2) is 4.68 Å². The van der Waals surface area contributed by atoms with Crippen molar-refractivity contribution in [3.63, 3.8) is 0 Å². The molecule has 0 spiro atoms. The topological polar surface area (TPSA) is 55.6 Å². The molecular weight excluding hydrogens is 329 g/mol. The fraction of sp³-hybridized carbons (Fsp3) is 0.364. The highest BCUT2D eigenvalue weighted by atomic mass is 127. The summed E-state index contributed by atoms with van der Waals surface area (Å²) in [5.74, 6) is 0.867. The molecule has 0 saturated carbocycles. The third-order valence-corrected chi connectivity index (χ3v) is 3.29. The van der Waals surface area contributed by atoms with Crippen LogP contribution in [0, 0.1) is 3.57 Å². The molecule has 2 rings (SSSR count). The minimum Gasteiger partial charge on any atom is -0.377 e. The lowest BCUT2D eigenvalue weighted by atomic mass is 10.3. The van der Waals surface area contributed by atoms with Crippen LogP contribution in [0.4, 0.5) is 5.69 Å². The Morgan fingerprint density at radius 3 is 2.94 bits per heavy atom. The summed E-state index contributed by atoms with van der Waals surface area (Å²) in [6.07, 6.45) is 1.03. The van der Waals surface area contributed by atoms with Gasteiger partial charge in [-0.3, -0.25) is 0 Å². The molecule has 0 aliphatic carbocycles. The predicted molar refractivity (Wildman–Crippen MR) is 74.6 cm³/mol. The number of aromatic nitrogens is 4. The fourth-order valence-electron chi connectivity index (χ4n) is 1.51. The lowest BCUT2D eigenvalue weighted by molar-refractivity contribution is 0.558. The van der Waals surface area contributed by atoms with Gasteiger partial charge in [0, 0.05) is 15.8 Å². The Balaban J connectivity index is 2.02. The minimum absolute atomic E-state index is 0.646. The molecule has 1 aromatic carbocycles. The van der Waals surface area contributed by atoms with Gasteiger partial charge >= 0.3 is 0 Å². The van der Waals surface area contributed by atoms with E-state index in [0.717, 1.165) is 24.5 Å². The van der Waals surface area contributed by atoms with Gasteiger partial charge in [0.1, 0.15) is 0 Å². The van der Waals surface area contributed by atoms with Gasteiger partial charge in [-0.1, -0.05) is 19.1 Å². The maximum atomic E-state index is 4.02. The smallest absolute Gasteiger partial charge is 0.170 e. The average Bonchev–Trinajstić information content (AvgIpc) is 2.76. The summed E-state index contributed by atoms with van der Waals surface area (Å²) in [6.45, 7) is 3.61. The Labute approximate surface area is 114 Å². The van der Waals surface area contributed by atoms with E-state index in [4.69, 9.17) is 0 Å². The van der Waals surface area contributed by atoms with E-state index >= 15 is 0 Å². The zero-order valence-electron chi connectivity index (χ0n) is 9.60. The first-order valence-electron chi connectivity index (χ1n) is 5.54. The summed E-state index contributed by atoms with van der Waals surface area (Å²) in [5, 5.41) is 15.0. The van der Waals surface area contributed by atoms with Gasteiger partial charge in [0.25, 0.3) is 0 Å². The number of tetrazole rings is 1. The number of halogens is 1. The number of para-hydroxylation sites is 1. The van der Waals surface area contributed by atoms with E-state index in [2.05, 4.69) is 62.5 Å². The van der Waals surface area contributed by atoms with Gasteiger partial charge in [0.2, 0.25) is 0 Å². The van der Waals surface area contributed by atoms with Crippen LogP contribution in [0.3, 0.4) is 0 Å². The van der Waals surface area contributed by atoms with E-state index in [1.165, 1.54) is 3.57 Å². The molecule has 0 radical (unpaired) electrons. The second kappa shape index (κ2) is 5.95. The van der Waals surface area contributed by atoms with Crippen molar-refractivity contribution >= 4 is 28.3 Å². The first-order valence-corrected chi connectivity index (χ1v) is 6.62. The monoisotopic (exact) mass is 343 g/mol. The van der Waals surface area contributed by atoms with Crippen molar-refractivity contribution in [3.8, 4) is 0 Å². The van der Waals surface area contributed by atoms with Gasteiger partial charge in [-0.15, -0.1) is 5.10 Å². The normalized spacial score (nSPS) is 10.5. The van der Waals surface area contributed by atoms with Crippen LogP contribution in [0.5, 0.6) is 0 Å². The van der Waals surface area contributed by atoms with Gasteiger partial charge in [0.05, 0.1) is 6.54 Å². The number of benzene rings is 1. The summed E-state index contributed by atoms with van der Waals surface area (Å²) in [5.41, 5.74) is 1.11. The van der Waals surface area contributed by atoms with E-state index in [-0.39, 0.29) is 0 Å². The van der Waals surface area contributed by atoms with Gasteiger partial charge < -0.3 is 5.32 Å². The summed E-state index contributed by atoms with van der Waals surface area (Å²) in [4.78, 5) is 0. The van der Waals surface area contributed by atoms with Gasteiger partial charge in [-0.05, 0) is 51.6 Å². The van der Waals surface area contributed by atoms with E-state index in [1.54, 1.807) is 0 Å². The Kier molecular flexibility index (Phi) is 4.29. The molecule has 1 aromatic heterocycles. The Bertz CT molecular complexity index is 482. The van der Waals surface area contributed by atoms with Crippen molar-refractivity contribution in [2.24, 2.45) is 0 Å². The Morgan fingerprint density at radius 1 is 1.35 bits per heavy atom. The second-order valence-electron chi connectivity index (χ2n) is 3.65. The second-order valence-corrected chi connectivity index (χ2v) is 4.81. The number of rotatable bonds is 5. The number of nitrogens with one attached hydrogen (secondary N) is 1. The highest BCUT2D eigenvalue weighted by molar-refractivity contribution is 14.1. The third-order valence-electron chi connectivity index (χ3n) is 2.35. The minimum atomic E-state index is 0.646. The maximum Gasteiger partial charge on any atom is 0.170 e. The molecule has 90 valence electrons. The Morgan fingerprint density at radius 2 is 2.18 bits per heavy atom. The van der Waals surface area contributed by atoms with Crippen LogP contribution in [0.2, 0.25) is 0 Å². The van der Waals surface area contributed by atoms with Crippen LogP contribution in [-0.4, -0.2) is 20.2 Å². The quantitative estimate of drug-likeness (QED) is 0.847. The van der Waals surface area contributed by atoms with Crippen LogP contribution in [0.25, 0.3) is 0 Å². The van der Waals surface area contributed by atoms with E-state index in [1.807, 2.05) is 16.8 Å². The zero-order valence-corrected chi connectivity index (χ0v) is 11.8. The summed E-state index contributed by atoms with van der Waals surface area (Å²) >= 11 is 2.31. The highest BCUT2D eigenvalue weighted by Crippen LogP contribution is 2.17. The van der Waals surface area contributed by atoms with Crippen molar-refractivity contribution in [1.29, 1.82) is 0 Å². The number of aryl methyl sites for hydroxylation is 1. The molecule has 0 atom stereocenters. The molecule has 6 heteroatoms. The van der Waals surface area contributed by atoms with Crippen molar-refractivity contribution in [2.45, 2.75) is 26.4 Å². The maximum absolute atomic E-state index is 4.02. The molecule has 1 N–H and O–H groups in total. The third kappa shape index (κ3) is 3.15. The summed E-state index contributed by atoms with van der Waals surface area (Å²) < 4.78 is 3.03. The number of hydrogen-bond acceptors (Lipinski definition) is 4. The molecule has 0 saturated heterocycles. The van der Waals surface area contributed by atoms with Crippen LogP contribution in [0.1, 0.15) is 19.2 Å². The molecule has 1 heterocycles. The van der Waals surface area contributed by atoms with Crippen LogP contribution in [-0.2, 0) is 13.1 Å². The predicted octanol–water partition coefficient (Wildman–Crippen LogP) is 2.30. The average molecular weight is 343 g/mol. The zero-order chi connectivity index (χ0) is 12.1. The number of hydrogen-bond donors (Lipinski definition) is 1. The van der Waals surface area contributed by atoms with Crippen molar-refractivity contribution < 1.29 is 0 Å². The lowest BCUT2D eigenvalue weighted by Crippen LogP contribution is -2.10. The van der Waals surface area contributed by atoms with Crippen LogP contribution in [0.15, 0.2) is 24.3 Å². The fourth-order valence-corrected chi connectivity index (χ4v) is 2.09. The summed E-state index contributed by atoms with van der Waals surface area (Å²) in [6, 6.07) is 8.15. The molecule has 5 nitrogen and oxygen atoms in total. The molecular formula is C11H14IN5. The SMILES string of the molecule is CCCn1nnnc1CNc1ccccc1I. The molecule has 0 amide bonds. The first-order chi connectivity index (χ1) is 8.31. The van der Waals surface area contributed by atoms with Crippen molar-refractivity contribution in [3.05, 3.63) is 33.7 Å². The highest BCUT2D eigenvalue weighted by Gasteiger charge is 2.05. The van der Waals surface area contributed by atoms with Crippen molar-refractivity contribution in [2.75, 3.05) is 5.32 Å². The van der Waals surface area contributed by atoms with E-state index in [0.29, 0.717) is 6.54 Å². The molecule has 0 fully saturated rings. The van der Waals surface area contributed by atoms with Crippen molar-refractivity contribution in [1.82, 2.24) is 20.2 Å².